The number of hydrogen-bond donors (Lipinski definition) is 1. The minimum atomic E-state index is -2.69. The van der Waals surface area contributed by atoms with Crippen molar-refractivity contribution in [2.24, 2.45) is 0 Å². The van der Waals surface area contributed by atoms with Crippen LogP contribution in [0.4, 0.5) is 0 Å². The van der Waals surface area contributed by atoms with Gasteiger partial charge in [0.15, 0.2) is 0 Å². The summed E-state index contributed by atoms with van der Waals surface area (Å²) in [5.74, 6) is 0. The highest BCUT2D eigenvalue weighted by molar-refractivity contribution is 8.08. The topological polar surface area (TPSA) is 35.5 Å². The van der Waals surface area contributed by atoms with E-state index >= 15 is 0 Å². The molecular weight excluding hydrogens is 215 g/mol. The number of hydrogen-bond acceptors (Lipinski definition) is 4. The molecule has 12 heavy (non-hydrogen) atoms. The molecule has 0 atom stereocenters. The molecule has 0 fully saturated rings. The molecule has 0 unspecified atom stereocenters. The first-order chi connectivity index (χ1) is 5.54. The number of thiocarbonyl (C=S) groups is 1. The van der Waals surface area contributed by atoms with Crippen molar-refractivity contribution in [2.45, 2.75) is 13.8 Å². The Hall–Kier alpha value is 0.590. The summed E-state index contributed by atoms with van der Waals surface area (Å²) in [6.45, 7) is 5.92. The molecule has 74 valence electrons. The summed E-state index contributed by atoms with van der Waals surface area (Å²) >= 11 is 7.61. The van der Waals surface area contributed by atoms with Crippen LogP contribution in [0, 0.1) is 0 Å². The van der Waals surface area contributed by atoms with Crippen LogP contribution in [0.2, 0.25) is 0 Å². The van der Waals surface area contributed by atoms with Crippen molar-refractivity contribution in [3.63, 3.8) is 0 Å². The molecule has 0 aromatic rings. The minimum Gasteiger partial charge on any atom is -0.309 e. The van der Waals surface area contributed by atoms with E-state index in [0.717, 1.165) is 0 Å². The van der Waals surface area contributed by atoms with Gasteiger partial charge in [0.05, 0.1) is 13.2 Å². The Labute approximate surface area is 84.8 Å². The third-order valence-corrected chi connectivity index (χ3v) is 2.18. The van der Waals surface area contributed by atoms with Gasteiger partial charge < -0.3 is 9.05 Å². The fourth-order valence-corrected chi connectivity index (χ4v) is 1.52. The Morgan fingerprint density at radius 1 is 1.42 bits per heavy atom. The summed E-state index contributed by atoms with van der Waals surface area (Å²) in [5, 5.41) is 0. The van der Waals surface area contributed by atoms with E-state index in [9.17, 15) is 4.57 Å². The maximum atomic E-state index is 11.0. The van der Waals surface area contributed by atoms with Crippen LogP contribution in [0.1, 0.15) is 13.8 Å². The molecule has 0 amide bonds. The normalized spacial score (nSPS) is 10.0. The van der Waals surface area contributed by atoms with Crippen LogP contribution in [-0.4, -0.2) is 24.6 Å². The van der Waals surface area contributed by atoms with E-state index in [1.807, 2.05) is 0 Å². The largest absolute Gasteiger partial charge is 0.327 e. The maximum absolute atomic E-state index is 11.0. The van der Waals surface area contributed by atoms with Crippen LogP contribution >= 0.6 is 32.4 Å². The Morgan fingerprint density at radius 3 is 1.83 bits per heavy atom. The molecular formula is C6H15O3PS2. The molecule has 6 heteroatoms. The molecule has 0 spiro atoms. The lowest BCUT2D eigenvalue weighted by Gasteiger charge is -2.10. The first kappa shape index (κ1) is 15.1. The van der Waals surface area contributed by atoms with Crippen molar-refractivity contribution >= 4 is 37.1 Å². The van der Waals surface area contributed by atoms with Crippen molar-refractivity contribution in [3.05, 3.63) is 0 Å². The Morgan fingerprint density at radius 2 is 1.67 bits per heavy atom. The van der Waals surface area contributed by atoms with Crippen molar-refractivity contribution in [2.75, 3.05) is 19.9 Å². The summed E-state index contributed by atoms with van der Waals surface area (Å²) in [5.41, 5.74) is 0. The fraction of sp³-hybridized carbons (Fsp3) is 0.833. The van der Waals surface area contributed by atoms with Crippen molar-refractivity contribution in [3.8, 4) is 0 Å². The molecule has 0 bridgehead atoms. The smallest absolute Gasteiger partial charge is 0.309 e. The summed E-state index contributed by atoms with van der Waals surface area (Å²) in [6, 6.07) is 0. The zero-order valence-corrected chi connectivity index (χ0v) is 10.1. The third kappa shape index (κ3) is 13.2. The van der Waals surface area contributed by atoms with Crippen LogP contribution in [0.15, 0.2) is 0 Å². The van der Waals surface area contributed by atoms with Crippen LogP contribution in [0.25, 0.3) is 0 Å². The third-order valence-electron chi connectivity index (χ3n) is 0.727. The van der Waals surface area contributed by atoms with Gasteiger partial charge >= 0.3 is 7.60 Å². The standard InChI is InChI=1S/C5H13O3P.CH2S2/c1-4-7-9(3,6)8-5-2;2-1-3/h4-5H2,1-3H3;1H,(H,2,3). The van der Waals surface area contributed by atoms with Gasteiger partial charge in [-0.2, -0.15) is 0 Å². The van der Waals surface area contributed by atoms with E-state index in [4.69, 9.17) is 9.05 Å². The fourth-order valence-electron chi connectivity index (χ4n) is 0.506. The summed E-state index contributed by atoms with van der Waals surface area (Å²) in [7, 11) is -2.69. The minimum absolute atomic E-state index is 0.438. The Bertz CT molecular complexity index is 142. The average Bonchev–Trinajstić information content (AvgIpc) is 1.88. The van der Waals surface area contributed by atoms with E-state index in [-0.39, 0.29) is 0 Å². The van der Waals surface area contributed by atoms with Crippen molar-refractivity contribution < 1.29 is 13.6 Å². The van der Waals surface area contributed by atoms with Gasteiger partial charge in [-0.3, -0.25) is 4.57 Å². The second-order valence-electron chi connectivity index (χ2n) is 1.71. The first-order valence-corrected chi connectivity index (χ1v) is 6.46. The lowest BCUT2D eigenvalue weighted by Crippen LogP contribution is -1.92. The second kappa shape index (κ2) is 9.68. The highest BCUT2D eigenvalue weighted by Crippen LogP contribution is 2.43. The Kier molecular flexibility index (Phi) is 12.2. The zero-order chi connectivity index (χ0) is 10.0. The van der Waals surface area contributed by atoms with Gasteiger partial charge in [0.2, 0.25) is 0 Å². The molecule has 0 N–H and O–H groups in total. The number of rotatable bonds is 4. The molecule has 0 aromatic heterocycles. The van der Waals surface area contributed by atoms with Crippen molar-refractivity contribution in [1.29, 1.82) is 0 Å². The lowest BCUT2D eigenvalue weighted by atomic mass is 10.9. The highest BCUT2D eigenvalue weighted by Gasteiger charge is 2.13. The molecule has 0 aliphatic rings. The van der Waals surface area contributed by atoms with Gasteiger partial charge in [0.1, 0.15) is 0 Å². The molecule has 3 nitrogen and oxygen atoms in total. The highest BCUT2D eigenvalue weighted by atomic mass is 32.1. The Balaban J connectivity index is 0. The summed E-state index contributed by atoms with van der Waals surface area (Å²) in [6.07, 6.45) is 0. The van der Waals surface area contributed by atoms with Gasteiger partial charge in [-0.05, 0) is 13.8 Å². The van der Waals surface area contributed by atoms with Gasteiger partial charge in [0.25, 0.3) is 0 Å². The molecule has 0 aliphatic heterocycles. The predicted molar refractivity (Wildman–Crippen MR) is 59.4 cm³/mol. The van der Waals surface area contributed by atoms with E-state index < -0.39 is 7.60 Å². The van der Waals surface area contributed by atoms with Crippen LogP contribution < -0.4 is 0 Å². The summed E-state index contributed by atoms with van der Waals surface area (Å²) in [4.78, 5) is 0. The molecule has 0 rings (SSSR count). The average molecular weight is 230 g/mol. The van der Waals surface area contributed by atoms with Gasteiger partial charge in [-0.25, -0.2) is 0 Å². The van der Waals surface area contributed by atoms with Crippen molar-refractivity contribution in [1.82, 2.24) is 0 Å². The quantitative estimate of drug-likeness (QED) is 0.457. The first-order valence-electron chi connectivity index (χ1n) is 3.48. The SMILES string of the molecule is CCOP(C)(=O)OCC.S=CS. The monoisotopic (exact) mass is 230 g/mol. The molecule has 0 saturated carbocycles. The van der Waals surface area contributed by atoms with Crippen LogP contribution in [-0.2, 0) is 13.6 Å². The molecule has 0 aromatic carbocycles. The van der Waals surface area contributed by atoms with Crippen LogP contribution in [0.3, 0.4) is 0 Å². The summed E-state index contributed by atoms with van der Waals surface area (Å²) < 4.78 is 21.9. The second-order valence-corrected chi connectivity index (χ2v) is 4.61. The molecule has 0 radical (unpaired) electrons. The molecule has 0 saturated heterocycles. The van der Waals surface area contributed by atoms with Gasteiger partial charge in [-0.1, -0.05) is 12.2 Å². The van der Waals surface area contributed by atoms with E-state index in [1.165, 1.54) is 11.4 Å². The zero-order valence-electron chi connectivity index (χ0n) is 7.52. The van der Waals surface area contributed by atoms with E-state index in [1.54, 1.807) is 13.8 Å². The number of thiol groups is 1. The van der Waals surface area contributed by atoms with E-state index in [2.05, 4.69) is 24.8 Å². The predicted octanol–water partition coefficient (Wildman–Crippen LogP) is 2.76. The molecule has 0 aliphatic carbocycles. The van der Waals surface area contributed by atoms with Gasteiger partial charge in [-0.15, -0.1) is 12.6 Å². The van der Waals surface area contributed by atoms with E-state index in [0.29, 0.717) is 13.2 Å². The molecule has 0 heterocycles. The van der Waals surface area contributed by atoms with Gasteiger partial charge in [0, 0.05) is 11.4 Å². The maximum Gasteiger partial charge on any atom is 0.327 e. The van der Waals surface area contributed by atoms with Crippen LogP contribution in [0.5, 0.6) is 0 Å². The lowest BCUT2D eigenvalue weighted by molar-refractivity contribution is 0.225.